The molecule has 23 heavy (non-hydrogen) atoms. The lowest BCUT2D eigenvalue weighted by atomic mass is 10.2. The van der Waals surface area contributed by atoms with Crippen molar-refractivity contribution in [1.29, 1.82) is 0 Å². The van der Waals surface area contributed by atoms with Crippen LogP contribution in [0, 0.1) is 19.7 Å². The number of aryl methyl sites for hydroxylation is 2. The summed E-state index contributed by atoms with van der Waals surface area (Å²) < 4.78 is 21.1. The summed E-state index contributed by atoms with van der Waals surface area (Å²) in [5.41, 5.74) is 2.42. The smallest absolute Gasteiger partial charge is 0.262 e. The maximum atomic E-state index is 13.7. The molecule has 6 heteroatoms. The van der Waals surface area contributed by atoms with Gasteiger partial charge in [-0.25, -0.2) is 9.37 Å². The molecule has 5 nitrogen and oxygen atoms in total. The summed E-state index contributed by atoms with van der Waals surface area (Å²) in [7, 11) is 0. The van der Waals surface area contributed by atoms with Crippen molar-refractivity contribution in [2.45, 2.75) is 13.8 Å². The summed E-state index contributed by atoms with van der Waals surface area (Å²) in [6, 6.07) is 8.17. The van der Waals surface area contributed by atoms with Crippen LogP contribution in [-0.4, -0.2) is 21.9 Å². The van der Waals surface area contributed by atoms with E-state index in [1.165, 1.54) is 12.1 Å². The molecule has 0 aliphatic carbocycles. The largest absolute Gasteiger partial charge is 0.480 e. The molecule has 2 aromatic heterocycles. The van der Waals surface area contributed by atoms with Crippen molar-refractivity contribution in [1.82, 2.24) is 9.38 Å². The van der Waals surface area contributed by atoms with E-state index in [1.54, 1.807) is 25.1 Å². The quantitative estimate of drug-likeness (QED) is 0.805. The van der Waals surface area contributed by atoms with E-state index in [0.717, 1.165) is 11.3 Å². The molecule has 1 N–H and O–H groups in total. The highest BCUT2D eigenvalue weighted by Crippen LogP contribution is 2.19. The summed E-state index contributed by atoms with van der Waals surface area (Å²) in [5.74, 6) is -0.400. The molecule has 0 bridgehead atoms. The van der Waals surface area contributed by atoms with Crippen molar-refractivity contribution >= 4 is 17.2 Å². The Morgan fingerprint density at radius 2 is 2.17 bits per heavy atom. The first-order valence-corrected chi connectivity index (χ1v) is 7.16. The number of halogens is 1. The number of carbonyl (C=O) groups excluding carboxylic acids is 1. The van der Waals surface area contributed by atoms with E-state index in [2.05, 4.69) is 10.3 Å². The molecule has 0 aliphatic heterocycles. The lowest BCUT2D eigenvalue weighted by Gasteiger charge is -2.09. The minimum absolute atomic E-state index is 0.138. The van der Waals surface area contributed by atoms with Gasteiger partial charge >= 0.3 is 0 Å². The second-order valence-electron chi connectivity index (χ2n) is 5.31. The molecule has 1 aromatic carbocycles. The van der Waals surface area contributed by atoms with Gasteiger partial charge in [0.2, 0.25) is 0 Å². The number of hydrogen-bond acceptors (Lipinski definition) is 3. The Morgan fingerprint density at radius 1 is 1.35 bits per heavy atom. The monoisotopic (exact) mass is 313 g/mol. The summed E-state index contributed by atoms with van der Waals surface area (Å²) in [6.07, 6.45) is 3.72. The molecule has 2 heterocycles. The molecule has 118 valence electrons. The summed E-state index contributed by atoms with van der Waals surface area (Å²) in [4.78, 5) is 16.3. The Morgan fingerprint density at radius 3 is 2.96 bits per heavy atom. The number of pyridine rings is 1. The number of ether oxygens (including phenoxy) is 1. The molecule has 3 rings (SSSR count). The van der Waals surface area contributed by atoms with Crippen molar-refractivity contribution in [3.05, 3.63) is 59.8 Å². The number of rotatable bonds is 4. The summed E-state index contributed by atoms with van der Waals surface area (Å²) in [5, 5.41) is 2.49. The van der Waals surface area contributed by atoms with Crippen molar-refractivity contribution in [3.63, 3.8) is 0 Å². The number of hydrogen-bond donors (Lipinski definition) is 1. The van der Waals surface area contributed by atoms with Gasteiger partial charge in [-0.2, -0.15) is 0 Å². The Kier molecular flexibility index (Phi) is 3.97. The fraction of sp³-hybridized carbons (Fsp3) is 0.176. The van der Waals surface area contributed by atoms with E-state index in [4.69, 9.17) is 4.74 Å². The zero-order valence-corrected chi connectivity index (χ0v) is 12.8. The van der Waals surface area contributed by atoms with E-state index in [9.17, 15) is 9.18 Å². The van der Waals surface area contributed by atoms with Crippen LogP contribution in [0.4, 0.5) is 10.1 Å². The highest BCUT2D eigenvalue weighted by atomic mass is 19.1. The Balaban J connectivity index is 1.68. The van der Waals surface area contributed by atoms with Crippen LogP contribution < -0.4 is 10.1 Å². The number of carbonyl (C=O) groups is 1. The normalized spacial score (nSPS) is 10.7. The average Bonchev–Trinajstić information content (AvgIpc) is 2.88. The number of anilines is 1. The van der Waals surface area contributed by atoms with Gasteiger partial charge in [0.05, 0.1) is 11.4 Å². The van der Waals surface area contributed by atoms with Crippen LogP contribution in [0.3, 0.4) is 0 Å². The molecule has 0 unspecified atom stereocenters. The van der Waals surface area contributed by atoms with Gasteiger partial charge in [0.1, 0.15) is 5.82 Å². The molecule has 0 aliphatic rings. The first-order valence-electron chi connectivity index (χ1n) is 7.16. The maximum absolute atomic E-state index is 13.7. The van der Waals surface area contributed by atoms with E-state index in [0.29, 0.717) is 11.4 Å². The molecule has 0 radical (unpaired) electrons. The zero-order chi connectivity index (χ0) is 16.4. The van der Waals surface area contributed by atoms with Gasteiger partial charge in [-0.15, -0.1) is 0 Å². The SMILES string of the molecule is Cc1ccc(NC(=O)COc2cccn3cc(C)nc23)c(F)c1. The molecule has 1 amide bonds. The van der Waals surface area contributed by atoms with Gasteiger partial charge in [0.25, 0.3) is 5.91 Å². The molecule has 0 spiro atoms. The maximum Gasteiger partial charge on any atom is 0.262 e. The van der Waals surface area contributed by atoms with Gasteiger partial charge < -0.3 is 14.5 Å². The molecule has 0 saturated carbocycles. The molecule has 0 fully saturated rings. The van der Waals surface area contributed by atoms with Crippen molar-refractivity contribution in [2.75, 3.05) is 11.9 Å². The summed E-state index contributed by atoms with van der Waals surface area (Å²) >= 11 is 0. The number of amides is 1. The topological polar surface area (TPSA) is 55.6 Å². The lowest BCUT2D eigenvalue weighted by molar-refractivity contribution is -0.118. The third-order valence-electron chi connectivity index (χ3n) is 3.32. The van der Waals surface area contributed by atoms with Crippen LogP contribution in [0.2, 0.25) is 0 Å². The molecular formula is C17H16FN3O2. The number of imidazole rings is 1. The Labute approximate surface area is 132 Å². The average molecular weight is 313 g/mol. The fourth-order valence-corrected chi connectivity index (χ4v) is 2.27. The van der Waals surface area contributed by atoms with Gasteiger partial charge in [0.15, 0.2) is 18.0 Å². The predicted octanol–water partition coefficient (Wildman–Crippen LogP) is 3.11. The number of nitrogens with one attached hydrogen (secondary N) is 1. The van der Waals surface area contributed by atoms with Gasteiger partial charge in [-0.3, -0.25) is 4.79 Å². The Bertz CT molecular complexity index is 873. The van der Waals surface area contributed by atoms with E-state index in [1.807, 2.05) is 23.7 Å². The van der Waals surface area contributed by atoms with Crippen LogP contribution in [0.1, 0.15) is 11.3 Å². The number of benzene rings is 1. The standard InChI is InChI=1S/C17H16FN3O2/c1-11-5-6-14(13(18)8-11)20-16(22)10-23-15-4-3-7-21-9-12(2)19-17(15)21/h3-9H,10H2,1-2H3,(H,20,22). The molecular weight excluding hydrogens is 297 g/mol. The van der Waals surface area contributed by atoms with Crippen molar-refractivity contribution in [3.8, 4) is 5.75 Å². The highest BCUT2D eigenvalue weighted by molar-refractivity contribution is 5.92. The predicted molar refractivity (Wildman–Crippen MR) is 85.2 cm³/mol. The van der Waals surface area contributed by atoms with Crippen molar-refractivity contribution in [2.24, 2.45) is 0 Å². The van der Waals surface area contributed by atoms with Crippen LogP contribution in [-0.2, 0) is 4.79 Å². The Hall–Kier alpha value is -2.89. The third kappa shape index (κ3) is 3.31. The van der Waals surface area contributed by atoms with Crippen LogP contribution in [0.25, 0.3) is 5.65 Å². The second-order valence-corrected chi connectivity index (χ2v) is 5.31. The number of nitrogens with zero attached hydrogens (tertiary/aromatic N) is 2. The third-order valence-corrected chi connectivity index (χ3v) is 3.32. The van der Waals surface area contributed by atoms with E-state index >= 15 is 0 Å². The molecule has 0 atom stereocenters. The first-order chi connectivity index (χ1) is 11.0. The zero-order valence-electron chi connectivity index (χ0n) is 12.8. The van der Waals surface area contributed by atoms with E-state index < -0.39 is 11.7 Å². The van der Waals surface area contributed by atoms with Crippen LogP contribution in [0.15, 0.2) is 42.7 Å². The molecule has 3 aromatic rings. The van der Waals surface area contributed by atoms with Gasteiger partial charge in [0, 0.05) is 12.4 Å². The van der Waals surface area contributed by atoms with Gasteiger partial charge in [-0.1, -0.05) is 6.07 Å². The number of aromatic nitrogens is 2. The van der Waals surface area contributed by atoms with Crippen LogP contribution in [0.5, 0.6) is 5.75 Å². The van der Waals surface area contributed by atoms with E-state index in [-0.39, 0.29) is 12.3 Å². The van der Waals surface area contributed by atoms with Gasteiger partial charge in [-0.05, 0) is 43.7 Å². The molecule has 0 saturated heterocycles. The highest BCUT2D eigenvalue weighted by Gasteiger charge is 2.10. The van der Waals surface area contributed by atoms with Crippen LogP contribution >= 0.6 is 0 Å². The van der Waals surface area contributed by atoms with Crippen molar-refractivity contribution < 1.29 is 13.9 Å². The second kappa shape index (κ2) is 6.08. The minimum Gasteiger partial charge on any atom is -0.480 e. The lowest BCUT2D eigenvalue weighted by Crippen LogP contribution is -2.21. The minimum atomic E-state index is -0.468. The summed E-state index contributed by atoms with van der Waals surface area (Å²) in [6.45, 7) is 3.44. The fourth-order valence-electron chi connectivity index (χ4n) is 2.27. The number of fused-ring (bicyclic) bond motifs is 1. The first kappa shape index (κ1) is 15.0.